The van der Waals surface area contributed by atoms with Gasteiger partial charge in [-0.25, -0.2) is 0 Å². The number of carbonyl (C=O) groups is 1. The summed E-state index contributed by atoms with van der Waals surface area (Å²) in [5.41, 5.74) is 0.347. The van der Waals surface area contributed by atoms with Crippen LogP contribution in [0, 0.1) is 0 Å². The van der Waals surface area contributed by atoms with Crippen molar-refractivity contribution in [1.29, 1.82) is 0 Å². The summed E-state index contributed by atoms with van der Waals surface area (Å²) < 4.78 is 0. The number of anilines is 1. The number of benzene rings is 1. The third-order valence-corrected chi connectivity index (χ3v) is 2.96. The molecule has 6 heteroatoms. The third kappa shape index (κ3) is 2.44. The Kier molecular flexibility index (Phi) is 3.26. The van der Waals surface area contributed by atoms with E-state index in [0.29, 0.717) is 11.5 Å². The first kappa shape index (κ1) is 12.5. The van der Waals surface area contributed by atoms with Crippen LogP contribution in [-0.4, -0.2) is 21.1 Å². The minimum absolute atomic E-state index is 0.270. The molecule has 0 atom stereocenters. The molecule has 98 valence electrons. The lowest BCUT2D eigenvalue weighted by molar-refractivity contribution is 0.102. The van der Waals surface area contributed by atoms with E-state index in [1.807, 2.05) is 30.3 Å². The number of fused-ring (bicyclic) bond motifs is 1. The molecule has 1 aromatic carbocycles. The monoisotopic (exact) mass is 284 g/mol. The van der Waals surface area contributed by atoms with E-state index < -0.39 is 0 Å². The van der Waals surface area contributed by atoms with E-state index in [1.54, 1.807) is 18.3 Å². The van der Waals surface area contributed by atoms with Crippen LogP contribution in [0.1, 0.15) is 10.5 Å². The van der Waals surface area contributed by atoms with Crippen molar-refractivity contribution >= 4 is 34.1 Å². The molecule has 0 unspecified atom stereocenters. The minimum atomic E-state index is -0.335. The standard InChI is InChI=1S/C14H9ClN4O/c15-11-5-6-12(19-18-11)17-14(20)13-10-4-2-1-3-9(10)7-8-16-13/h1-8H,(H,17,19,20). The van der Waals surface area contributed by atoms with Gasteiger partial charge < -0.3 is 5.32 Å². The smallest absolute Gasteiger partial charge is 0.276 e. The predicted molar refractivity (Wildman–Crippen MR) is 76.7 cm³/mol. The van der Waals surface area contributed by atoms with Crippen LogP contribution in [0.25, 0.3) is 10.8 Å². The van der Waals surface area contributed by atoms with E-state index in [0.717, 1.165) is 10.8 Å². The van der Waals surface area contributed by atoms with Gasteiger partial charge in [0.1, 0.15) is 5.69 Å². The fourth-order valence-corrected chi connectivity index (χ4v) is 1.96. The maximum Gasteiger partial charge on any atom is 0.276 e. The van der Waals surface area contributed by atoms with E-state index in [1.165, 1.54) is 0 Å². The second kappa shape index (κ2) is 5.22. The van der Waals surface area contributed by atoms with Crippen LogP contribution in [0.2, 0.25) is 5.15 Å². The fraction of sp³-hybridized carbons (Fsp3) is 0. The molecule has 2 aromatic heterocycles. The van der Waals surface area contributed by atoms with Crippen molar-refractivity contribution in [2.45, 2.75) is 0 Å². The third-order valence-electron chi connectivity index (χ3n) is 2.76. The van der Waals surface area contributed by atoms with Crippen LogP contribution >= 0.6 is 11.6 Å². The number of amides is 1. The fourth-order valence-electron chi connectivity index (χ4n) is 1.86. The summed E-state index contributed by atoms with van der Waals surface area (Å²) in [6.45, 7) is 0. The quantitative estimate of drug-likeness (QED) is 0.785. The number of carbonyl (C=O) groups excluding carboxylic acids is 1. The van der Waals surface area contributed by atoms with Crippen LogP contribution in [0.5, 0.6) is 0 Å². The number of nitrogens with zero attached hydrogens (tertiary/aromatic N) is 3. The molecular formula is C14H9ClN4O. The van der Waals surface area contributed by atoms with Gasteiger partial charge in [0.25, 0.3) is 5.91 Å². The summed E-state index contributed by atoms with van der Waals surface area (Å²) in [6.07, 6.45) is 1.60. The average molecular weight is 285 g/mol. The van der Waals surface area contributed by atoms with Gasteiger partial charge in [0, 0.05) is 11.6 Å². The number of hydrogen-bond acceptors (Lipinski definition) is 4. The van der Waals surface area contributed by atoms with Crippen molar-refractivity contribution in [1.82, 2.24) is 15.2 Å². The highest BCUT2D eigenvalue weighted by molar-refractivity contribution is 6.29. The molecule has 0 fully saturated rings. The van der Waals surface area contributed by atoms with E-state index >= 15 is 0 Å². The Hall–Kier alpha value is -2.53. The predicted octanol–water partition coefficient (Wildman–Crippen LogP) is 2.93. The van der Waals surface area contributed by atoms with E-state index in [2.05, 4.69) is 20.5 Å². The summed E-state index contributed by atoms with van der Waals surface area (Å²) in [4.78, 5) is 16.4. The molecule has 0 bridgehead atoms. The SMILES string of the molecule is O=C(Nc1ccc(Cl)nn1)c1nccc2ccccc12. The summed E-state index contributed by atoms with van der Waals surface area (Å²) in [5.74, 6) is -0.00689. The van der Waals surface area contributed by atoms with Crippen molar-refractivity contribution < 1.29 is 4.79 Å². The van der Waals surface area contributed by atoms with Gasteiger partial charge in [-0.1, -0.05) is 35.9 Å². The Labute approximate surface area is 119 Å². The number of rotatable bonds is 2. The van der Waals surface area contributed by atoms with Gasteiger partial charge in [0.2, 0.25) is 0 Å². The van der Waals surface area contributed by atoms with Crippen LogP contribution in [-0.2, 0) is 0 Å². The van der Waals surface area contributed by atoms with Crippen LogP contribution in [0.3, 0.4) is 0 Å². The molecule has 3 rings (SSSR count). The molecule has 0 aliphatic heterocycles. The Bertz CT molecular complexity index is 768. The van der Waals surface area contributed by atoms with E-state index in [4.69, 9.17) is 11.6 Å². The number of halogens is 1. The van der Waals surface area contributed by atoms with Crippen molar-refractivity contribution in [2.24, 2.45) is 0 Å². The van der Waals surface area contributed by atoms with Crippen LogP contribution in [0.15, 0.2) is 48.7 Å². The van der Waals surface area contributed by atoms with Gasteiger partial charge in [-0.05, 0) is 23.6 Å². The lowest BCUT2D eigenvalue weighted by Gasteiger charge is -2.06. The van der Waals surface area contributed by atoms with E-state index in [9.17, 15) is 4.79 Å². The largest absolute Gasteiger partial charge is 0.304 e. The van der Waals surface area contributed by atoms with Crippen molar-refractivity contribution in [3.05, 3.63) is 59.5 Å². The number of pyridine rings is 1. The molecule has 0 saturated carbocycles. The van der Waals surface area contributed by atoms with Crippen LogP contribution in [0.4, 0.5) is 5.82 Å². The zero-order valence-corrected chi connectivity index (χ0v) is 11.0. The van der Waals surface area contributed by atoms with Gasteiger partial charge in [-0.15, -0.1) is 10.2 Å². The lowest BCUT2D eigenvalue weighted by atomic mass is 10.1. The summed E-state index contributed by atoms with van der Waals surface area (Å²) in [7, 11) is 0. The number of nitrogens with one attached hydrogen (secondary N) is 1. The highest BCUT2D eigenvalue weighted by atomic mass is 35.5. The Morgan fingerprint density at radius 1 is 1.05 bits per heavy atom. The molecule has 2 heterocycles. The molecule has 20 heavy (non-hydrogen) atoms. The topological polar surface area (TPSA) is 67.8 Å². The molecule has 0 aliphatic rings. The minimum Gasteiger partial charge on any atom is -0.304 e. The molecule has 3 aromatic rings. The van der Waals surface area contributed by atoms with E-state index in [-0.39, 0.29) is 11.1 Å². The second-order valence-corrected chi connectivity index (χ2v) is 4.46. The molecule has 1 N–H and O–H groups in total. The maximum atomic E-state index is 12.2. The Morgan fingerprint density at radius 2 is 1.90 bits per heavy atom. The highest BCUT2D eigenvalue weighted by Gasteiger charge is 2.12. The Balaban J connectivity index is 1.94. The number of aromatic nitrogens is 3. The van der Waals surface area contributed by atoms with Gasteiger partial charge in [-0.2, -0.15) is 0 Å². The first-order valence-corrected chi connectivity index (χ1v) is 6.26. The zero-order valence-electron chi connectivity index (χ0n) is 10.2. The molecule has 0 radical (unpaired) electrons. The molecular weight excluding hydrogens is 276 g/mol. The van der Waals surface area contributed by atoms with Gasteiger partial charge in [0.05, 0.1) is 0 Å². The average Bonchev–Trinajstić information content (AvgIpc) is 2.49. The normalized spacial score (nSPS) is 10.4. The lowest BCUT2D eigenvalue weighted by Crippen LogP contribution is -2.15. The van der Waals surface area contributed by atoms with Gasteiger partial charge in [0.15, 0.2) is 11.0 Å². The second-order valence-electron chi connectivity index (χ2n) is 4.08. The van der Waals surface area contributed by atoms with Gasteiger partial charge in [-0.3, -0.25) is 9.78 Å². The summed E-state index contributed by atoms with van der Waals surface area (Å²) in [5, 5.41) is 12.1. The number of hydrogen-bond donors (Lipinski definition) is 1. The summed E-state index contributed by atoms with van der Waals surface area (Å²) >= 11 is 5.64. The van der Waals surface area contributed by atoms with Gasteiger partial charge >= 0.3 is 0 Å². The maximum absolute atomic E-state index is 12.2. The first-order chi connectivity index (χ1) is 9.74. The van der Waals surface area contributed by atoms with Crippen LogP contribution < -0.4 is 5.32 Å². The highest BCUT2D eigenvalue weighted by Crippen LogP contribution is 2.17. The summed E-state index contributed by atoms with van der Waals surface area (Å²) in [6, 6.07) is 12.5. The molecule has 0 spiro atoms. The zero-order chi connectivity index (χ0) is 13.9. The molecule has 5 nitrogen and oxygen atoms in total. The molecule has 0 saturated heterocycles. The van der Waals surface area contributed by atoms with Crippen molar-refractivity contribution in [2.75, 3.05) is 5.32 Å². The van der Waals surface area contributed by atoms with Crippen molar-refractivity contribution in [3.63, 3.8) is 0 Å². The van der Waals surface area contributed by atoms with Crippen molar-refractivity contribution in [3.8, 4) is 0 Å². The molecule has 0 aliphatic carbocycles. The Morgan fingerprint density at radius 3 is 2.70 bits per heavy atom. The first-order valence-electron chi connectivity index (χ1n) is 5.88. The molecule has 1 amide bonds.